The van der Waals surface area contributed by atoms with Crippen molar-refractivity contribution in [2.75, 3.05) is 7.05 Å². The molecule has 0 atom stereocenters. The van der Waals surface area contributed by atoms with Gasteiger partial charge in [0.25, 0.3) is 5.91 Å². The van der Waals surface area contributed by atoms with Crippen molar-refractivity contribution in [2.24, 2.45) is 5.73 Å². The van der Waals surface area contributed by atoms with Crippen LogP contribution in [0.1, 0.15) is 26.7 Å². The Morgan fingerprint density at radius 1 is 1.54 bits per heavy atom. The molecular weight excluding hydrogens is 164 g/mol. The topological polar surface area (TPSA) is 46.3 Å². The summed E-state index contributed by atoms with van der Waals surface area (Å²) >= 11 is 0. The summed E-state index contributed by atoms with van der Waals surface area (Å²) < 4.78 is 0. The molecule has 1 rings (SSSR count). The zero-order valence-corrected chi connectivity index (χ0v) is 8.42. The van der Waals surface area contributed by atoms with Crippen molar-refractivity contribution in [3.05, 3.63) is 0 Å². The van der Waals surface area contributed by atoms with E-state index in [4.69, 9.17) is 5.73 Å². The van der Waals surface area contributed by atoms with Crippen LogP contribution in [0.2, 0.25) is 0 Å². The van der Waals surface area contributed by atoms with Gasteiger partial charge in [-0.2, -0.15) is 0 Å². The summed E-state index contributed by atoms with van der Waals surface area (Å²) in [6, 6.07) is 0.636. The number of amides is 1. The molecule has 0 radical (unpaired) electrons. The third-order valence-electron chi connectivity index (χ3n) is 2.47. The number of primary amides is 1. The Balaban J connectivity index is 2.64. The maximum Gasteiger partial charge on any atom is 0.293 e. The molecule has 0 saturated heterocycles. The van der Waals surface area contributed by atoms with Crippen LogP contribution in [0.15, 0.2) is 0 Å². The largest absolute Gasteiger partial charge is 0.359 e. The average Bonchev–Trinajstić information content (AvgIpc) is 2.82. The zero-order valence-electron chi connectivity index (χ0n) is 8.42. The third kappa shape index (κ3) is 2.74. The van der Waals surface area contributed by atoms with Crippen LogP contribution < -0.4 is 5.73 Å². The van der Waals surface area contributed by atoms with Gasteiger partial charge in [0.2, 0.25) is 0 Å². The molecule has 0 aromatic rings. The second kappa shape index (κ2) is 3.39. The van der Waals surface area contributed by atoms with Gasteiger partial charge < -0.3 is 5.73 Å². The van der Waals surface area contributed by atoms with Gasteiger partial charge in [0.05, 0.1) is 5.54 Å². The SMILES string of the molecule is CN(C1CC1)C(C)(C)C#CC(N)=O. The van der Waals surface area contributed by atoms with E-state index in [2.05, 4.69) is 16.7 Å². The number of carbonyl (C=O) groups excluding carboxylic acids is 1. The van der Waals surface area contributed by atoms with E-state index < -0.39 is 5.91 Å². The van der Waals surface area contributed by atoms with Crippen molar-refractivity contribution < 1.29 is 4.79 Å². The molecule has 3 nitrogen and oxygen atoms in total. The lowest BCUT2D eigenvalue weighted by atomic mass is 10.0. The van der Waals surface area contributed by atoms with E-state index in [9.17, 15) is 4.79 Å². The van der Waals surface area contributed by atoms with E-state index in [0.717, 1.165) is 0 Å². The minimum atomic E-state index is -0.558. The molecule has 0 spiro atoms. The molecule has 0 aromatic carbocycles. The fraction of sp³-hybridized carbons (Fsp3) is 0.700. The van der Waals surface area contributed by atoms with Gasteiger partial charge >= 0.3 is 0 Å². The van der Waals surface area contributed by atoms with Crippen LogP contribution in [0.3, 0.4) is 0 Å². The number of carbonyl (C=O) groups is 1. The highest BCUT2D eigenvalue weighted by Crippen LogP contribution is 2.30. The number of nitrogens with two attached hydrogens (primary N) is 1. The molecule has 13 heavy (non-hydrogen) atoms. The molecule has 0 unspecified atom stereocenters. The molecule has 2 N–H and O–H groups in total. The molecule has 0 bridgehead atoms. The molecule has 1 saturated carbocycles. The van der Waals surface area contributed by atoms with Gasteiger partial charge in [-0.05, 0) is 39.7 Å². The molecule has 3 heteroatoms. The number of rotatable bonds is 2. The molecule has 1 fully saturated rings. The van der Waals surface area contributed by atoms with Crippen LogP contribution in [0, 0.1) is 11.8 Å². The van der Waals surface area contributed by atoms with Gasteiger partial charge in [-0.15, -0.1) is 0 Å². The molecule has 1 aliphatic carbocycles. The Morgan fingerprint density at radius 2 is 2.08 bits per heavy atom. The van der Waals surface area contributed by atoms with Gasteiger partial charge in [-0.25, -0.2) is 0 Å². The van der Waals surface area contributed by atoms with Crippen LogP contribution in [-0.2, 0) is 4.79 Å². The highest BCUT2D eigenvalue weighted by Gasteiger charge is 2.34. The third-order valence-corrected chi connectivity index (χ3v) is 2.47. The van der Waals surface area contributed by atoms with Gasteiger partial charge in [0, 0.05) is 6.04 Å². The highest BCUT2D eigenvalue weighted by molar-refractivity contribution is 5.92. The Hall–Kier alpha value is -1.01. The number of hydrogen-bond acceptors (Lipinski definition) is 2. The van der Waals surface area contributed by atoms with Gasteiger partial charge in [0.1, 0.15) is 0 Å². The van der Waals surface area contributed by atoms with E-state index in [1.807, 2.05) is 20.9 Å². The van der Waals surface area contributed by atoms with Crippen LogP contribution in [-0.4, -0.2) is 29.4 Å². The normalized spacial score (nSPS) is 16.6. The van der Waals surface area contributed by atoms with Crippen LogP contribution in [0.5, 0.6) is 0 Å². The summed E-state index contributed by atoms with van der Waals surface area (Å²) in [5.74, 6) is 4.72. The first-order valence-corrected chi connectivity index (χ1v) is 4.49. The maximum absolute atomic E-state index is 10.5. The van der Waals surface area contributed by atoms with Crippen molar-refractivity contribution in [1.29, 1.82) is 0 Å². The minimum absolute atomic E-state index is 0.254. The maximum atomic E-state index is 10.5. The lowest BCUT2D eigenvalue weighted by molar-refractivity contribution is -0.112. The van der Waals surface area contributed by atoms with Crippen molar-refractivity contribution >= 4 is 5.91 Å². The Labute approximate surface area is 79.3 Å². The second-order valence-corrected chi connectivity index (χ2v) is 4.02. The molecule has 72 valence electrons. The molecule has 1 aliphatic rings. The van der Waals surface area contributed by atoms with Crippen LogP contribution in [0.25, 0.3) is 0 Å². The fourth-order valence-corrected chi connectivity index (χ4v) is 1.22. The first-order valence-electron chi connectivity index (χ1n) is 4.49. The summed E-state index contributed by atoms with van der Waals surface area (Å²) in [6.45, 7) is 4.00. The fourth-order valence-electron chi connectivity index (χ4n) is 1.22. The summed E-state index contributed by atoms with van der Waals surface area (Å²) in [4.78, 5) is 12.7. The zero-order chi connectivity index (χ0) is 10.1. The highest BCUT2D eigenvalue weighted by atomic mass is 16.1. The molecule has 1 amide bonds. The van der Waals surface area contributed by atoms with E-state index >= 15 is 0 Å². The second-order valence-electron chi connectivity index (χ2n) is 4.02. The summed E-state index contributed by atoms with van der Waals surface area (Å²) in [5, 5.41) is 0. The predicted molar refractivity (Wildman–Crippen MR) is 51.8 cm³/mol. The van der Waals surface area contributed by atoms with Crippen molar-refractivity contribution in [2.45, 2.75) is 38.3 Å². The van der Waals surface area contributed by atoms with E-state index in [1.165, 1.54) is 12.8 Å². The van der Waals surface area contributed by atoms with E-state index in [1.54, 1.807) is 0 Å². The average molecular weight is 180 g/mol. The smallest absolute Gasteiger partial charge is 0.293 e. The summed E-state index contributed by atoms with van der Waals surface area (Å²) in [6.07, 6.45) is 2.47. The van der Waals surface area contributed by atoms with E-state index in [-0.39, 0.29) is 5.54 Å². The van der Waals surface area contributed by atoms with Crippen molar-refractivity contribution in [3.8, 4) is 11.8 Å². The molecule has 0 aliphatic heterocycles. The van der Waals surface area contributed by atoms with Gasteiger partial charge in [0.15, 0.2) is 0 Å². The first kappa shape index (κ1) is 10.1. The summed E-state index contributed by atoms with van der Waals surface area (Å²) in [5.41, 5.74) is 4.71. The Morgan fingerprint density at radius 3 is 2.46 bits per heavy atom. The summed E-state index contributed by atoms with van der Waals surface area (Å²) in [7, 11) is 2.04. The minimum Gasteiger partial charge on any atom is -0.359 e. The molecular formula is C10H16N2O. The van der Waals surface area contributed by atoms with Crippen LogP contribution in [0.4, 0.5) is 0 Å². The van der Waals surface area contributed by atoms with Gasteiger partial charge in [-0.1, -0.05) is 5.92 Å². The Kier molecular flexibility index (Phi) is 2.63. The predicted octanol–water partition coefficient (Wildman–Crippen LogP) is 0.348. The monoisotopic (exact) mass is 180 g/mol. The van der Waals surface area contributed by atoms with E-state index in [0.29, 0.717) is 6.04 Å². The lowest BCUT2D eigenvalue weighted by Gasteiger charge is -2.30. The first-order chi connectivity index (χ1) is 5.93. The number of hydrogen-bond donors (Lipinski definition) is 1. The lowest BCUT2D eigenvalue weighted by Crippen LogP contribution is -2.41. The standard InChI is InChI=1S/C10H16N2O/c1-10(2,7-6-9(11)13)12(3)8-4-5-8/h8H,4-5H2,1-3H3,(H2,11,13). The Bertz CT molecular complexity index is 268. The van der Waals surface area contributed by atoms with Crippen molar-refractivity contribution in [1.82, 2.24) is 4.90 Å². The molecule has 0 heterocycles. The molecule has 0 aromatic heterocycles. The quantitative estimate of drug-likeness (QED) is 0.623. The number of nitrogens with zero attached hydrogens (tertiary/aromatic N) is 1. The van der Waals surface area contributed by atoms with Crippen molar-refractivity contribution in [3.63, 3.8) is 0 Å². The van der Waals surface area contributed by atoms with Crippen LogP contribution >= 0.6 is 0 Å². The van der Waals surface area contributed by atoms with Gasteiger partial charge in [-0.3, -0.25) is 9.69 Å².